The molecular weight excluding hydrogens is 308 g/mol. The van der Waals surface area contributed by atoms with Crippen LogP contribution in [-0.2, 0) is 17.6 Å². The number of piperidine rings is 1. The molecule has 1 saturated heterocycles. The molecule has 1 aliphatic carbocycles. The first kappa shape index (κ1) is 16.5. The van der Waals surface area contributed by atoms with Crippen molar-refractivity contribution in [3.63, 3.8) is 0 Å². The summed E-state index contributed by atoms with van der Waals surface area (Å²) in [6, 6.07) is 0. The lowest BCUT2D eigenvalue weighted by atomic mass is 9.88. The van der Waals surface area contributed by atoms with Crippen molar-refractivity contribution in [2.45, 2.75) is 52.9 Å². The molecule has 1 fully saturated rings. The lowest BCUT2D eigenvalue weighted by molar-refractivity contribution is -0.114. The molecule has 1 atom stereocenters. The summed E-state index contributed by atoms with van der Waals surface area (Å²) < 4.78 is 0. The highest BCUT2D eigenvalue weighted by atomic mass is 32.1. The number of carbonyl (C=O) groups excluding carboxylic acids is 2. The minimum Gasteiger partial charge on any atom is -0.339 e. The fourth-order valence-corrected chi connectivity index (χ4v) is 5.04. The number of hydrogen-bond donors (Lipinski definition) is 1. The SMILES string of the molecule is CC(=O)Nc1sc2c(c1C(=O)N1CCC(C)CC1)CC[C@@H](C)C2. The van der Waals surface area contributed by atoms with Crippen molar-refractivity contribution < 1.29 is 9.59 Å². The fourth-order valence-electron chi connectivity index (χ4n) is 3.59. The largest absolute Gasteiger partial charge is 0.339 e. The van der Waals surface area contributed by atoms with Gasteiger partial charge in [-0.15, -0.1) is 11.3 Å². The highest BCUT2D eigenvalue weighted by Gasteiger charge is 2.31. The number of carbonyl (C=O) groups is 2. The van der Waals surface area contributed by atoms with Crippen molar-refractivity contribution in [1.29, 1.82) is 0 Å². The monoisotopic (exact) mass is 334 g/mol. The van der Waals surface area contributed by atoms with Crippen LogP contribution in [0.15, 0.2) is 0 Å². The maximum atomic E-state index is 13.1. The van der Waals surface area contributed by atoms with Gasteiger partial charge in [-0.05, 0) is 49.5 Å². The topological polar surface area (TPSA) is 49.4 Å². The van der Waals surface area contributed by atoms with Crippen molar-refractivity contribution in [3.8, 4) is 0 Å². The molecule has 1 aromatic rings. The van der Waals surface area contributed by atoms with E-state index in [-0.39, 0.29) is 11.8 Å². The third-order valence-electron chi connectivity index (χ3n) is 5.09. The summed E-state index contributed by atoms with van der Waals surface area (Å²) in [6.07, 6.45) is 5.25. The van der Waals surface area contributed by atoms with E-state index in [0.717, 1.165) is 55.8 Å². The van der Waals surface area contributed by atoms with Gasteiger partial charge in [0.05, 0.1) is 5.56 Å². The van der Waals surface area contributed by atoms with Gasteiger partial charge in [0.25, 0.3) is 5.91 Å². The van der Waals surface area contributed by atoms with Crippen molar-refractivity contribution in [1.82, 2.24) is 4.90 Å². The number of hydrogen-bond acceptors (Lipinski definition) is 3. The lowest BCUT2D eigenvalue weighted by Crippen LogP contribution is -2.38. The van der Waals surface area contributed by atoms with Gasteiger partial charge in [0.15, 0.2) is 0 Å². The molecule has 4 nitrogen and oxygen atoms in total. The number of nitrogens with zero attached hydrogens (tertiary/aromatic N) is 1. The Kier molecular flexibility index (Phi) is 4.76. The fraction of sp³-hybridized carbons (Fsp3) is 0.667. The van der Waals surface area contributed by atoms with Gasteiger partial charge >= 0.3 is 0 Å². The van der Waals surface area contributed by atoms with Gasteiger partial charge < -0.3 is 10.2 Å². The van der Waals surface area contributed by atoms with Crippen molar-refractivity contribution >= 4 is 28.2 Å². The first-order valence-corrected chi connectivity index (χ1v) is 9.48. The quantitative estimate of drug-likeness (QED) is 0.896. The Hall–Kier alpha value is -1.36. The van der Waals surface area contributed by atoms with E-state index in [1.54, 1.807) is 11.3 Å². The van der Waals surface area contributed by atoms with Crippen LogP contribution in [0.25, 0.3) is 0 Å². The number of anilines is 1. The Bertz CT molecular complexity index is 615. The van der Waals surface area contributed by atoms with Gasteiger partial charge in [0.1, 0.15) is 5.00 Å². The minimum absolute atomic E-state index is 0.0991. The van der Waals surface area contributed by atoms with E-state index in [1.807, 2.05) is 4.90 Å². The standard InChI is InChI=1S/C18H26N2O2S/c1-11-6-8-20(9-7-11)18(22)16-14-5-4-12(2)10-15(14)23-17(16)19-13(3)21/h11-12H,4-10H2,1-3H3,(H,19,21)/t12-/m1/s1. The van der Waals surface area contributed by atoms with Crippen LogP contribution in [0.1, 0.15) is 60.8 Å². The van der Waals surface area contributed by atoms with E-state index in [9.17, 15) is 9.59 Å². The Morgan fingerprint density at radius 1 is 1.13 bits per heavy atom. The molecule has 1 N–H and O–H groups in total. The molecule has 1 aromatic heterocycles. The Balaban J connectivity index is 1.92. The summed E-state index contributed by atoms with van der Waals surface area (Å²) in [5.41, 5.74) is 1.97. The molecular formula is C18H26N2O2S. The predicted molar refractivity (Wildman–Crippen MR) is 94.1 cm³/mol. The Morgan fingerprint density at radius 2 is 1.83 bits per heavy atom. The van der Waals surface area contributed by atoms with E-state index in [1.165, 1.54) is 17.4 Å². The van der Waals surface area contributed by atoms with Gasteiger partial charge in [-0.2, -0.15) is 0 Å². The van der Waals surface area contributed by atoms with E-state index in [4.69, 9.17) is 0 Å². The van der Waals surface area contributed by atoms with Crippen LogP contribution in [0.2, 0.25) is 0 Å². The molecule has 0 spiro atoms. The summed E-state index contributed by atoms with van der Waals surface area (Å²) in [4.78, 5) is 27.9. The third kappa shape index (κ3) is 3.44. The molecule has 2 amide bonds. The first-order valence-electron chi connectivity index (χ1n) is 8.67. The van der Waals surface area contributed by atoms with Crippen LogP contribution in [0, 0.1) is 11.8 Å². The third-order valence-corrected chi connectivity index (χ3v) is 6.26. The second-order valence-electron chi connectivity index (χ2n) is 7.21. The molecule has 3 rings (SSSR count). The molecule has 0 aromatic carbocycles. The normalized spacial score (nSPS) is 21.9. The Morgan fingerprint density at radius 3 is 2.48 bits per heavy atom. The van der Waals surface area contributed by atoms with Gasteiger partial charge in [-0.3, -0.25) is 9.59 Å². The summed E-state index contributed by atoms with van der Waals surface area (Å²) in [5, 5.41) is 3.67. The molecule has 0 unspecified atom stereocenters. The van der Waals surface area contributed by atoms with Crippen LogP contribution in [0.4, 0.5) is 5.00 Å². The maximum Gasteiger partial charge on any atom is 0.257 e. The van der Waals surface area contributed by atoms with Crippen LogP contribution < -0.4 is 5.32 Å². The van der Waals surface area contributed by atoms with Gasteiger partial charge in [0.2, 0.25) is 5.91 Å². The average molecular weight is 334 g/mol. The van der Waals surface area contributed by atoms with E-state index in [0.29, 0.717) is 11.8 Å². The maximum absolute atomic E-state index is 13.1. The van der Waals surface area contributed by atoms with Crippen molar-refractivity contribution in [2.24, 2.45) is 11.8 Å². The molecule has 2 heterocycles. The number of likely N-dealkylation sites (tertiary alicyclic amines) is 1. The van der Waals surface area contributed by atoms with Gasteiger partial charge in [-0.25, -0.2) is 0 Å². The molecule has 0 radical (unpaired) electrons. The van der Waals surface area contributed by atoms with Crippen LogP contribution in [-0.4, -0.2) is 29.8 Å². The zero-order valence-electron chi connectivity index (χ0n) is 14.3. The Labute approximate surface area is 142 Å². The molecule has 126 valence electrons. The molecule has 5 heteroatoms. The van der Waals surface area contributed by atoms with Crippen molar-refractivity contribution in [2.75, 3.05) is 18.4 Å². The zero-order chi connectivity index (χ0) is 16.6. The van der Waals surface area contributed by atoms with Crippen LogP contribution in [0.3, 0.4) is 0 Å². The first-order chi connectivity index (χ1) is 11.0. The molecule has 1 aliphatic heterocycles. The highest BCUT2D eigenvalue weighted by Crippen LogP contribution is 2.40. The van der Waals surface area contributed by atoms with Gasteiger partial charge in [-0.1, -0.05) is 13.8 Å². The summed E-state index contributed by atoms with van der Waals surface area (Å²) in [5.74, 6) is 1.38. The summed E-state index contributed by atoms with van der Waals surface area (Å²) >= 11 is 1.61. The molecule has 2 aliphatic rings. The molecule has 0 bridgehead atoms. The second-order valence-corrected chi connectivity index (χ2v) is 8.32. The number of fused-ring (bicyclic) bond motifs is 1. The minimum atomic E-state index is -0.0991. The van der Waals surface area contributed by atoms with Crippen LogP contribution >= 0.6 is 11.3 Å². The second kappa shape index (κ2) is 6.63. The van der Waals surface area contributed by atoms with Gasteiger partial charge in [0, 0.05) is 24.9 Å². The smallest absolute Gasteiger partial charge is 0.257 e. The summed E-state index contributed by atoms with van der Waals surface area (Å²) in [6.45, 7) is 7.69. The number of amides is 2. The number of nitrogens with one attached hydrogen (secondary N) is 1. The predicted octanol–water partition coefficient (Wildman–Crippen LogP) is 3.70. The van der Waals surface area contributed by atoms with Crippen LogP contribution in [0.5, 0.6) is 0 Å². The average Bonchev–Trinajstić information content (AvgIpc) is 2.83. The zero-order valence-corrected chi connectivity index (χ0v) is 15.1. The van der Waals surface area contributed by atoms with E-state index < -0.39 is 0 Å². The van der Waals surface area contributed by atoms with E-state index >= 15 is 0 Å². The highest BCUT2D eigenvalue weighted by molar-refractivity contribution is 7.17. The number of rotatable bonds is 2. The summed E-state index contributed by atoms with van der Waals surface area (Å²) in [7, 11) is 0. The van der Waals surface area contributed by atoms with E-state index in [2.05, 4.69) is 19.2 Å². The van der Waals surface area contributed by atoms with Crippen molar-refractivity contribution in [3.05, 3.63) is 16.0 Å². The molecule has 0 saturated carbocycles. The number of thiophene rings is 1. The molecule has 23 heavy (non-hydrogen) atoms. The lowest BCUT2D eigenvalue weighted by Gasteiger charge is -2.31.